The number of phenols is 6. The van der Waals surface area contributed by atoms with Crippen molar-refractivity contribution in [3.63, 3.8) is 0 Å². The van der Waals surface area contributed by atoms with Crippen LogP contribution in [0.4, 0.5) is 0 Å². The summed E-state index contributed by atoms with van der Waals surface area (Å²) in [6, 6.07) is 3.69. The monoisotopic (exact) mass is 278 g/mol. The third-order valence-corrected chi connectivity index (χ3v) is 2.63. The molecule has 0 aliphatic heterocycles. The van der Waals surface area contributed by atoms with Gasteiger partial charge in [0.1, 0.15) is 22.8 Å². The highest BCUT2D eigenvalue weighted by Crippen LogP contribution is 2.43. The molecule has 104 valence electrons. The Hall–Kier alpha value is -3.09. The minimum absolute atomic E-state index is 0.224. The Morgan fingerprint density at radius 2 is 1.25 bits per heavy atom. The molecule has 7 nitrogen and oxygen atoms in total. The largest absolute Gasteiger partial charge is 0.508 e. The van der Waals surface area contributed by atoms with Crippen molar-refractivity contribution in [3.05, 3.63) is 35.4 Å². The molecule has 0 aromatic heterocycles. The van der Waals surface area contributed by atoms with Crippen LogP contribution < -0.4 is 0 Å². The van der Waals surface area contributed by atoms with E-state index in [1.165, 1.54) is 0 Å². The standard InChI is InChI=1S/C13H10O7/c14-6-1-5(2-7(15)3-6)11(18)10-8(16)4-9(17)12(19)13(10)20/h1-4,14-17,19-20H. The number of carbonyl (C=O) groups is 1. The zero-order valence-electron chi connectivity index (χ0n) is 9.90. The van der Waals surface area contributed by atoms with Crippen LogP contribution in [-0.4, -0.2) is 36.4 Å². The van der Waals surface area contributed by atoms with E-state index in [9.17, 15) is 35.4 Å². The Labute approximate surface area is 112 Å². The topological polar surface area (TPSA) is 138 Å². The molecular weight excluding hydrogens is 268 g/mol. The van der Waals surface area contributed by atoms with Gasteiger partial charge in [0.2, 0.25) is 11.5 Å². The van der Waals surface area contributed by atoms with Crippen molar-refractivity contribution in [1.82, 2.24) is 0 Å². The van der Waals surface area contributed by atoms with E-state index in [2.05, 4.69) is 0 Å². The summed E-state index contributed by atoms with van der Waals surface area (Å²) in [5.41, 5.74) is -0.886. The molecule has 2 aromatic rings. The minimum Gasteiger partial charge on any atom is -0.508 e. The first kappa shape index (κ1) is 13.3. The average Bonchev–Trinajstić information content (AvgIpc) is 2.34. The first-order valence-corrected chi connectivity index (χ1v) is 5.36. The molecule has 0 spiro atoms. The molecule has 0 aliphatic rings. The second-order valence-electron chi connectivity index (χ2n) is 4.05. The summed E-state index contributed by atoms with van der Waals surface area (Å²) in [6.07, 6.45) is 0. The van der Waals surface area contributed by atoms with Crippen LogP contribution in [0.15, 0.2) is 24.3 Å². The van der Waals surface area contributed by atoms with Crippen LogP contribution in [0.5, 0.6) is 34.5 Å². The Bertz CT molecular complexity index is 686. The fourth-order valence-corrected chi connectivity index (χ4v) is 1.73. The van der Waals surface area contributed by atoms with Gasteiger partial charge in [-0.3, -0.25) is 4.79 Å². The third-order valence-electron chi connectivity index (χ3n) is 2.63. The highest BCUT2D eigenvalue weighted by Gasteiger charge is 2.24. The number of rotatable bonds is 2. The van der Waals surface area contributed by atoms with Crippen molar-refractivity contribution < 1.29 is 35.4 Å². The molecule has 0 heterocycles. The quantitative estimate of drug-likeness (QED) is 0.275. The van der Waals surface area contributed by atoms with E-state index in [0.717, 1.165) is 18.2 Å². The number of ketones is 1. The maximum absolute atomic E-state index is 12.1. The molecule has 2 rings (SSSR count). The van der Waals surface area contributed by atoms with Crippen molar-refractivity contribution in [2.24, 2.45) is 0 Å². The summed E-state index contributed by atoms with van der Waals surface area (Å²) in [5.74, 6) is -5.26. The molecule has 0 atom stereocenters. The first-order chi connectivity index (χ1) is 9.31. The van der Waals surface area contributed by atoms with Gasteiger partial charge in [-0.2, -0.15) is 0 Å². The number of phenolic OH excluding ortho intramolecular Hbond substituents is 6. The predicted octanol–water partition coefficient (Wildman–Crippen LogP) is 1.15. The van der Waals surface area contributed by atoms with E-state index >= 15 is 0 Å². The van der Waals surface area contributed by atoms with Gasteiger partial charge in [0.25, 0.3) is 0 Å². The maximum atomic E-state index is 12.1. The van der Waals surface area contributed by atoms with Crippen LogP contribution in [0, 0.1) is 0 Å². The molecule has 0 fully saturated rings. The fourth-order valence-electron chi connectivity index (χ4n) is 1.73. The Kier molecular flexibility index (Phi) is 3.03. The molecule has 6 N–H and O–H groups in total. The van der Waals surface area contributed by atoms with Crippen molar-refractivity contribution in [2.75, 3.05) is 0 Å². The Morgan fingerprint density at radius 1 is 0.700 bits per heavy atom. The van der Waals surface area contributed by atoms with Gasteiger partial charge in [0.05, 0.1) is 0 Å². The lowest BCUT2D eigenvalue weighted by molar-refractivity contribution is 0.103. The molecule has 0 bridgehead atoms. The van der Waals surface area contributed by atoms with Crippen LogP contribution in [0.25, 0.3) is 0 Å². The van der Waals surface area contributed by atoms with Crippen LogP contribution in [0.2, 0.25) is 0 Å². The molecule has 2 aromatic carbocycles. The second kappa shape index (κ2) is 4.54. The fraction of sp³-hybridized carbons (Fsp3) is 0. The van der Waals surface area contributed by atoms with E-state index in [4.69, 9.17) is 0 Å². The molecular formula is C13H10O7. The number of hydrogen-bond donors (Lipinski definition) is 6. The Morgan fingerprint density at radius 3 is 1.80 bits per heavy atom. The van der Waals surface area contributed by atoms with E-state index in [0.29, 0.717) is 6.07 Å². The van der Waals surface area contributed by atoms with Gasteiger partial charge in [0.15, 0.2) is 11.5 Å². The lowest BCUT2D eigenvalue weighted by atomic mass is 10.00. The summed E-state index contributed by atoms with van der Waals surface area (Å²) in [6.45, 7) is 0. The number of carbonyl (C=O) groups excluding carboxylic acids is 1. The number of benzene rings is 2. The van der Waals surface area contributed by atoms with E-state index in [1.807, 2.05) is 0 Å². The van der Waals surface area contributed by atoms with Crippen molar-refractivity contribution >= 4 is 5.78 Å². The second-order valence-corrected chi connectivity index (χ2v) is 4.05. The zero-order valence-corrected chi connectivity index (χ0v) is 9.90. The van der Waals surface area contributed by atoms with Gasteiger partial charge in [-0.25, -0.2) is 0 Å². The van der Waals surface area contributed by atoms with Crippen LogP contribution in [-0.2, 0) is 0 Å². The summed E-state index contributed by atoms with van der Waals surface area (Å²) in [7, 11) is 0. The summed E-state index contributed by atoms with van der Waals surface area (Å²) in [5, 5.41) is 56.3. The smallest absolute Gasteiger partial charge is 0.201 e. The highest BCUT2D eigenvalue weighted by atomic mass is 16.3. The molecule has 20 heavy (non-hydrogen) atoms. The zero-order chi connectivity index (χ0) is 15.0. The SMILES string of the molecule is O=C(c1cc(O)cc(O)c1)c1c(O)cc(O)c(O)c1O. The Balaban J connectivity index is 2.62. The van der Waals surface area contributed by atoms with Gasteiger partial charge in [-0.05, 0) is 12.1 Å². The molecule has 0 saturated heterocycles. The lowest BCUT2D eigenvalue weighted by Gasteiger charge is -2.10. The maximum Gasteiger partial charge on any atom is 0.201 e. The van der Waals surface area contributed by atoms with Gasteiger partial charge >= 0.3 is 0 Å². The molecule has 0 unspecified atom stereocenters. The van der Waals surface area contributed by atoms with Crippen LogP contribution >= 0.6 is 0 Å². The summed E-state index contributed by atoms with van der Waals surface area (Å²) < 4.78 is 0. The van der Waals surface area contributed by atoms with E-state index in [-0.39, 0.29) is 5.56 Å². The van der Waals surface area contributed by atoms with Gasteiger partial charge in [-0.15, -0.1) is 0 Å². The van der Waals surface area contributed by atoms with Gasteiger partial charge < -0.3 is 30.6 Å². The van der Waals surface area contributed by atoms with Crippen molar-refractivity contribution in [3.8, 4) is 34.5 Å². The minimum atomic E-state index is -1.00. The van der Waals surface area contributed by atoms with Gasteiger partial charge in [0, 0.05) is 17.7 Å². The lowest BCUT2D eigenvalue weighted by Crippen LogP contribution is -2.02. The van der Waals surface area contributed by atoms with Crippen molar-refractivity contribution in [2.45, 2.75) is 0 Å². The molecule has 7 heteroatoms. The third kappa shape index (κ3) is 2.12. The van der Waals surface area contributed by atoms with E-state index in [1.54, 1.807) is 0 Å². The average molecular weight is 278 g/mol. The number of hydrogen-bond acceptors (Lipinski definition) is 7. The van der Waals surface area contributed by atoms with Crippen LogP contribution in [0.3, 0.4) is 0 Å². The van der Waals surface area contributed by atoms with E-state index < -0.39 is 45.8 Å². The summed E-state index contributed by atoms with van der Waals surface area (Å²) >= 11 is 0. The van der Waals surface area contributed by atoms with Crippen LogP contribution in [0.1, 0.15) is 15.9 Å². The first-order valence-electron chi connectivity index (χ1n) is 5.36. The molecule has 0 radical (unpaired) electrons. The summed E-state index contributed by atoms with van der Waals surface area (Å²) in [4.78, 5) is 12.1. The molecule has 0 amide bonds. The highest BCUT2D eigenvalue weighted by molar-refractivity contribution is 6.13. The van der Waals surface area contributed by atoms with Crippen molar-refractivity contribution in [1.29, 1.82) is 0 Å². The molecule has 0 aliphatic carbocycles. The normalized spacial score (nSPS) is 10.4. The predicted molar refractivity (Wildman–Crippen MR) is 66.3 cm³/mol. The number of aromatic hydroxyl groups is 6. The van der Waals surface area contributed by atoms with Gasteiger partial charge in [-0.1, -0.05) is 0 Å². The molecule has 0 saturated carbocycles.